The van der Waals surface area contributed by atoms with Crippen molar-refractivity contribution in [1.82, 2.24) is 0 Å². The maximum absolute atomic E-state index is 9.06. The fourth-order valence-corrected chi connectivity index (χ4v) is 1.58. The molecule has 0 aliphatic heterocycles. The largest absolute Gasteiger partial charge is 0.197 e. The number of aryl methyl sites for hydroxylation is 1. The zero-order valence-corrected chi connectivity index (χ0v) is 8.75. The van der Waals surface area contributed by atoms with Crippen LogP contribution in [0.5, 0.6) is 0 Å². The van der Waals surface area contributed by atoms with Gasteiger partial charge in [-0.25, -0.2) is 0 Å². The predicted octanol–water partition coefficient (Wildman–Crippen LogP) is 3.43. The molecule has 1 aromatic rings. The van der Waals surface area contributed by atoms with Crippen molar-refractivity contribution in [2.24, 2.45) is 0 Å². The van der Waals surface area contributed by atoms with Gasteiger partial charge in [0, 0.05) is 0 Å². The Kier molecular flexibility index (Phi) is 3.48. The summed E-state index contributed by atoms with van der Waals surface area (Å²) in [6, 6.07) is 10.4. The molecule has 0 aliphatic rings. The molecule has 1 unspecified atom stereocenters. The van der Waals surface area contributed by atoms with E-state index in [1.807, 2.05) is 25.1 Å². The van der Waals surface area contributed by atoms with Crippen molar-refractivity contribution in [3.63, 3.8) is 0 Å². The molecule has 1 nitrogen and oxygen atoms in total. The third-order valence-corrected chi connectivity index (χ3v) is 2.37. The third kappa shape index (κ3) is 2.03. The molecule has 0 amide bonds. The van der Waals surface area contributed by atoms with Crippen LogP contribution in [0.1, 0.15) is 30.9 Å². The monoisotopic (exact) mass is 185 g/mol. The SMILES string of the molecule is C=C(C)C(C#N)c1ccccc1CC. The van der Waals surface area contributed by atoms with E-state index in [1.54, 1.807) is 0 Å². The minimum Gasteiger partial charge on any atom is -0.197 e. The molecule has 0 heterocycles. The molecule has 0 aromatic heterocycles. The lowest BCUT2D eigenvalue weighted by molar-refractivity contribution is 0.963. The Morgan fingerprint density at radius 2 is 2.14 bits per heavy atom. The van der Waals surface area contributed by atoms with Crippen LogP contribution in [0.25, 0.3) is 0 Å². The number of rotatable bonds is 3. The highest BCUT2D eigenvalue weighted by Crippen LogP contribution is 2.25. The standard InChI is InChI=1S/C13H15N/c1-4-11-7-5-6-8-12(11)13(9-14)10(2)3/h5-8,13H,2,4H2,1,3H3. The second-order valence-corrected chi connectivity index (χ2v) is 3.46. The Morgan fingerprint density at radius 3 is 2.64 bits per heavy atom. The van der Waals surface area contributed by atoms with Gasteiger partial charge in [-0.3, -0.25) is 0 Å². The van der Waals surface area contributed by atoms with E-state index in [4.69, 9.17) is 5.26 Å². The Bertz CT molecular complexity index is 371. The van der Waals surface area contributed by atoms with Crippen LogP contribution >= 0.6 is 0 Å². The molecular formula is C13H15N. The number of nitrogens with zero attached hydrogens (tertiary/aromatic N) is 1. The van der Waals surface area contributed by atoms with Crippen LogP contribution in [-0.4, -0.2) is 0 Å². The van der Waals surface area contributed by atoms with Crippen LogP contribution < -0.4 is 0 Å². The van der Waals surface area contributed by atoms with Gasteiger partial charge in [0.1, 0.15) is 0 Å². The smallest absolute Gasteiger partial charge is 0.0920 e. The zero-order valence-electron chi connectivity index (χ0n) is 8.75. The summed E-state index contributed by atoms with van der Waals surface area (Å²) in [6.07, 6.45) is 0.960. The van der Waals surface area contributed by atoms with Crippen molar-refractivity contribution in [3.05, 3.63) is 47.5 Å². The molecule has 0 aliphatic carbocycles. The zero-order chi connectivity index (χ0) is 10.6. The van der Waals surface area contributed by atoms with Gasteiger partial charge < -0.3 is 0 Å². The maximum Gasteiger partial charge on any atom is 0.0920 e. The molecule has 1 heteroatoms. The van der Waals surface area contributed by atoms with E-state index in [0.29, 0.717) is 0 Å². The summed E-state index contributed by atoms with van der Waals surface area (Å²) in [5.41, 5.74) is 3.25. The van der Waals surface area contributed by atoms with E-state index >= 15 is 0 Å². The van der Waals surface area contributed by atoms with E-state index in [0.717, 1.165) is 17.6 Å². The van der Waals surface area contributed by atoms with Crippen LogP contribution in [0, 0.1) is 11.3 Å². The van der Waals surface area contributed by atoms with Crippen molar-refractivity contribution >= 4 is 0 Å². The predicted molar refractivity (Wildman–Crippen MR) is 59.0 cm³/mol. The lowest BCUT2D eigenvalue weighted by atomic mass is 9.90. The summed E-state index contributed by atoms with van der Waals surface area (Å²) in [7, 11) is 0. The topological polar surface area (TPSA) is 23.8 Å². The third-order valence-electron chi connectivity index (χ3n) is 2.37. The number of nitriles is 1. The van der Waals surface area contributed by atoms with Crippen molar-refractivity contribution in [2.75, 3.05) is 0 Å². The van der Waals surface area contributed by atoms with Gasteiger partial charge in [-0.2, -0.15) is 5.26 Å². The lowest BCUT2D eigenvalue weighted by Gasteiger charge is -2.12. The summed E-state index contributed by atoms with van der Waals surface area (Å²) < 4.78 is 0. The molecule has 0 saturated heterocycles. The Hall–Kier alpha value is -1.55. The molecule has 14 heavy (non-hydrogen) atoms. The Morgan fingerprint density at radius 1 is 1.50 bits per heavy atom. The van der Waals surface area contributed by atoms with Crippen LogP contribution in [-0.2, 0) is 6.42 Å². The lowest BCUT2D eigenvalue weighted by Crippen LogP contribution is -2.00. The van der Waals surface area contributed by atoms with Crippen molar-refractivity contribution in [2.45, 2.75) is 26.2 Å². The molecule has 0 N–H and O–H groups in total. The minimum absolute atomic E-state index is 0.161. The number of benzene rings is 1. The van der Waals surface area contributed by atoms with Crippen molar-refractivity contribution in [1.29, 1.82) is 5.26 Å². The molecule has 1 aromatic carbocycles. The average molecular weight is 185 g/mol. The van der Waals surface area contributed by atoms with Gasteiger partial charge in [0.05, 0.1) is 12.0 Å². The van der Waals surface area contributed by atoms with Crippen molar-refractivity contribution in [3.8, 4) is 6.07 Å². The molecular weight excluding hydrogens is 170 g/mol. The van der Waals surface area contributed by atoms with Gasteiger partial charge in [-0.1, -0.05) is 43.3 Å². The molecule has 1 rings (SSSR count). The van der Waals surface area contributed by atoms with Gasteiger partial charge in [0.2, 0.25) is 0 Å². The first kappa shape index (κ1) is 10.5. The molecule has 1 atom stereocenters. The fraction of sp³-hybridized carbons (Fsp3) is 0.308. The molecule has 72 valence electrons. The quantitative estimate of drug-likeness (QED) is 0.662. The fourth-order valence-electron chi connectivity index (χ4n) is 1.58. The van der Waals surface area contributed by atoms with E-state index < -0.39 is 0 Å². The highest BCUT2D eigenvalue weighted by molar-refractivity contribution is 5.39. The number of hydrogen-bond acceptors (Lipinski definition) is 1. The van der Waals surface area contributed by atoms with E-state index in [-0.39, 0.29) is 5.92 Å². The summed E-state index contributed by atoms with van der Waals surface area (Å²) in [5.74, 6) is -0.161. The first-order valence-corrected chi connectivity index (χ1v) is 4.83. The molecule has 0 fully saturated rings. The molecule has 0 bridgehead atoms. The van der Waals surface area contributed by atoms with Gasteiger partial charge >= 0.3 is 0 Å². The summed E-state index contributed by atoms with van der Waals surface area (Å²) >= 11 is 0. The second kappa shape index (κ2) is 4.62. The van der Waals surface area contributed by atoms with Gasteiger partial charge in [0.25, 0.3) is 0 Å². The number of allylic oxidation sites excluding steroid dienone is 1. The van der Waals surface area contributed by atoms with E-state index in [1.165, 1.54) is 5.56 Å². The van der Waals surface area contributed by atoms with Gasteiger partial charge in [-0.05, 0) is 24.5 Å². The highest BCUT2D eigenvalue weighted by Gasteiger charge is 2.13. The van der Waals surface area contributed by atoms with Gasteiger partial charge in [0.15, 0.2) is 0 Å². The van der Waals surface area contributed by atoms with Gasteiger partial charge in [-0.15, -0.1) is 0 Å². The number of hydrogen-bond donors (Lipinski definition) is 0. The summed E-state index contributed by atoms with van der Waals surface area (Å²) in [5, 5.41) is 9.06. The van der Waals surface area contributed by atoms with E-state index in [2.05, 4.69) is 25.6 Å². The normalized spacial score (nSPS) is 11.8. The van der Waals surface area contributed by atoms with Crippen LogP contribution in [0.3, 0.4) is 0 Å². The molecule has 0 spiro atoms. The first-order chi connectivity index (χ1) is 6.70. The Labute approximate surface area is 85.7 Å². The first-order valence-electron chi connectivity index (χ1n) is 4.83. The minimum atomic E-state index is -0.161. The van der Waals surface area contributed by atoms with Crippen LogP contribution in [0.2, 0.25) is 0 Å². The molecule has 0 saturated carbocycles. The second-order valence-electron chi connectivity index (χ2n) is 3.46. The average Bonchev–Trinajstić information content (AvgIpc) is 2.19. The Balaban J connectivity index is 3.17. The summed E-state index contributed by atoms with van der Waals surface area (Å²) in [4.78, 5) is 0. The van der Waals surface area contributed by atoms with Crippen LogP contribution in [0.4, 0.5) is 0 Å². The van der Waals surface area contributed by atoms with Crippen LogP contribution in [0.15, 0.2) is 36.4 Å². The van der Waals surface area contributed by atoms with Crippen molar-refractivity contribution < 1.29 is 0 Å². The maximum atomic E-state index is 9.06. The summed E-state index contributed by atoms with van der Waals surface area (Å²) in [6.45, 7) is 7.86. The van der Waals surface area contributed by atoms with E-state index in [9.17, 15) is 0 Å². The highest BCUT2D eigenvalue weighted by atomic mass is 14.3. The molecule has 0 radical (unpaired) electrons.